The molecule has 2 aliphatic rings. The standard InChI is InChI=1S/C24H36FN3O6S/c1-26-24(30)28(11-12-29)10-3-2-4-14-35(31,32)27-23(20-9-13-33-17-20)19-7-8-21(25)22(15-19)34-16-18-5-6-18/h7-8,12,15,18,20,23,27H,2-6,9-11,13-14,16-17H2,1H3,(H,26,30). The van der Waals surface area contributed by atoms with Crippen LogP contribution in [0, 0.1) is 17.7 Å². The van der Waals surface area contributed by atoms with E-state index in [0.717, 1.165) is 12.8 Å². The lowest BCUT2D eigenvalue weighted by atomic mass is 9.93. The number of aldehydes is 1. The third kappa shape index (κ3) is 8.73. The average Bonchev–Trinajstić information content (AvgIpc) is 3.51. The number of amides is 2. The second kappa shape index (κ2) is 13.2. The Kier molecular flexibility index (Phi) is 10.3. The largest absolute Gasteiger partial charge is 0.490 e. The number of hydrogen-bond acceptors (Lipinski definition) is 6. The zero-order valence-corrected chi connectivity index (χ0v) is 21.0. The van der Waals surface area contributed by atoms with E-state index in [1.165, 1.54) is 18.0 Å². The summed E-state index contributed by atoms with van der Waals surface area (Å²) in [6.45, 7) is 1.81. The van der Waals surface area contributed by atoms with Gasteiger partial charge in [-0.05, 0) is 55.7 Å². The van der Waals surface area contributed by atoms with Crippen molar-refractivity contribution in [3.8, 4) is 5.75 Å². The van der Waals surface area contributed by atoms with Gasteiger partial charge in [-0.3, -0.25) is 0 Å². The molecule has 1 aliphatic heterocycles. The number of nitrogens with zero attached hydrogens (tertiary/aromatic N) is 1. The number of ether oxygens (including phenoxy) is 2. The number of rotatable bonds is 15. The molecule has 2 unspecified atom stereocenters. The number of sulfonamides is 1. The Bertz CT molecular complexity index is 951. The Morgan fingerprint density at radius 2 is 2.09 bits per heavy atom. The molecule has 0 aromatic heterocycles. The zero-order chi connectivity index (χ0) is 25.3. The average molecular weight is 514 g/mol. The maximum atomic E-state index is 14.3. The van der Waals surface area contributed by atoms with Crippen molar-refractivity contribution in [2.75, 3.05) is 45.7 Å². The Balaban J connectivity index is 1.58. The fourth-order valence-corrected chi connectivity index (χ4v) is 5.53. The maximum Gasteiger partial charge on any atom is 0.317 e. The monoisotopic (exact) mass is 513 g/mol. The van der Waals surface area contributed by atoms with Crippen molar-refractivity contribution in [3.63, 3.8) is 0 Å². The van der Waals surface area contributed by atoms with Crippen molar-refractivity contribution in [2.45, 2.75) is 44.6 Å². The van der Waals surface area contributed by atoms with Gasteiger partial charge in [-0.25, -0.2) is 22.3 Å². The lowest BCUT2D eigenvalue weighted by Crippen LogP contribution is -2.39. The van der Waals surface area contributed by atoms with Gasteiger partial charge in [0.2, 0.25) is 10.0 Å². The molecule has 11 heteroatoms. The molecule has 1 saturated carbocycles. The van der Waals surface area contributed by atoms with Crippen LogP contribution in [-0.2, 0) is 19.6 Å². The van der Waals surface area contributed by atoms with Crippen molar-refractivity contribution < 1.29 is 31.9 Å². The summed E-state index contributed by atoms with van der Waals surface area (Å²) >= 11 is 0. The lowest BCUT2D eigenvalue weighted by molar-refractivity contribution is -0.108. The molecule has 1 heterocycles. The minimum absolute atomic E-state index is 0.00526. The van der Waals surface area contributed by atoms with E-state index in [-0.39, 0.29) is 30.0 Å². The number of nitrogens with one attached hydrogen (secondary N) is 2. The second-order valence-electron chi connectivity index (χ2n) is 9.21. The maximum absolute atomic E-state index is 14.3. The van der Waals surface area contributed by atoms with Gasteiger partial charge in [0.1, 0.15) is 6.29 Å². The Labute approximate surface area is 206 Å². The Morgan fingerprint density at radius 1 is 1.29 bits per heavy atom. The molecule has 2 N–H and O–H groups in total. The third-order valence-corrected chi connectivity index (χ3v) is 7.80. The first kappa shape index (κ1) is 27.3. The summed E-state index contributed by atoms with van der Waals surface area (Å²) in [7, 11) is -2.13. The SMILES string of the molecule is CNC(=O)N(CC=O)CCCCCS(=O)(=O)NC(c1ccc(F)c(OCC2CC2)c1)C1CCOC1. The van der Waals surface area contributed by atoms with Crippen molar-refractivity contribution in [1.82, 2.24) is 14.9 Å². The van der Waals surface area contributed by atoms with Gasteiger partial charge in [-0.2, -0.15) is 0 Å². The predicted octanol–water partition coefficient (Wildman–Crippen LogP) is 2.62. The van der Waals surface area contributed by atoms with E-state index in [4.69, 9.17) is 9.47 Å². The highest BCUT2D eigenvalue weighted by atomic mass is 32.2. The summed E-state index contributed by atoms with van der Waals surface area (Å²) in [5.74, 6) is 0.0257. The molecule has 0 radical (unpaired) electrons. The first-order valence-corrected chi connectivity index (χ1v) is 13.9. The van der Waals surface area contributed by atoms with Gasteiger partial charge in [-0.15, -0.1) is 0 Å². The first-order valence-electron chi connectivity index (χ1n) is 12.2. The van der Waals surface area contributed by atoms with Crippen LogP contribution in [0.25, 0.3) is 0 Å². The smallest absolute Gasteiger partial charge is 0.317 e. The minimum Gasteiger partial charge on any atom is -0.490 e. The molecule has 9 nitrogen and oxygen atoms in total. The molecule has 2 fully saturated rings. The van der Waals surface area contributed by atoms with Crippen LogP contribution in [-0.4, -0.2) is 71.3 Å². The number of halogens is 1. The van der Waals surface area contributed by atoms with Gasteiger partial charge >= 0.3 is 6.03 Å². The van der Waals surface area contributed by atoms with Gasteiger partial charge in [-0.1, -0.05) is 12.5 Å². The van der Waals surface area contributed by atoms with Crippen molar-refractivity contribution in [2.24, 2.45) is 11.8 Å². The Hall–Kier alpha value is -2.24. The van der Waals surface area contributed by atoms with E-state index in [1.54, 1.807) is 12.1 Å². The number of carbonyl (C=O) groups excluding carboxylic acids is 2. The molecule has 1 aliphatic carbocycles. The van der Waals surface area contributed by atoms with Crippen LogP contribution in [0.1, 0.15) is 50.1 Å². The number of urea groups is 1. The molecule has 1 aromatic rings. The molecule has 1 aromatic carbocycles. The van der Waals surface area contributed by atoms with E-state index in [0.29, 0.717) is 69.8 Å². The number of benzene rings is 1. The molecular formula is C24H36FN3O6S. The first-order chi connectivity index (χ1) is 16.8. The zero-order valence-electron chi connectivity index (χ0n) is 20.2. The van der Waals surface area contributed by atoms with Crippen LogP contribution < -0.4 is 14.8 Å². The molecular weight excluding hydrogens is 477 g/mol. The van der Waals surface area contributed by atoms with Crippen LogP contribution in [0.3, 0.4) is 0 Å². The molecule has 2 amide bonds. The van der Waals surface area contributed by atoms with Gasteiger partial charge in [0.25, 0.3) is 0 Å². The van der Waals surface area contributed by atoms with Gasteiger partial charge in [0.15, 0.2) is 11.6 Å². The predicted molar refractivity (Wildman–Crippen MR) is 129 cm³/mol. The van der Waals surface area contributed by atoms with Crippen molar-refractivity contribution >= 4 is 22.3 Å². The highest BCUT2D eigenvalue weighted by Crippen LogP contribution is 2.34. The van der Waals surface area contributed by atoms with Crippen LogP contribution in [0.15, 0.2) is 18.2 Å². The van der Waals surface area contributed by atoms with E-state index >= 15 is 0 Å². The Morgan fingerprint density at radius 3 is 2.74 bits per heavy atom. The van der Waals surface area contributed by atoms with Gasteiger partial charge in [0, 0.05) is 26.1 Å². The van der Waals surface area contributed by atoms with Gasteiger partial charge < -0.3 is 24.5 Å². The van der Waals surface area contributed by atoms with E-state index in [9.17, 15) is 22.4 Å². The fourth-order valence-electron chi connectivity index (χ4n) is 4.12. The van der Waals surface area contributed by atoms with Crippen molar-refractivity contribution in [1.29, 1.82) is 0 Å². The molecule has 1 saturated heterocycles. The quantitative estimate of drug-likeness (QED) is 0.275. The number of hydrogen-bond donors (Lipinski definition) is 2. The second-order valence-corrected chi connectivity index (χ2v) is 11.1. The van der Waals surface area contributed by atoms with Crippen LogP contribution in [0.5, 0.6) is 5.75 Å². The van der Waals surface area contributed by atoms with E-state index < -0.39 is 21.9 Å². The van der Waals surface area contributed by atoms with Crippen LogP contribution in [0.4, 0.5) is 9.18 Å². The van der Waals surface area contributed by atoms with Crippen LogP contribution >= 0.6 is 0 Å². The summed E-state index contributed by atoms with van der Waals surface area (Å²) in [5.41, 5.74) is 0.659. The molecule has 3 rings (SSSR count). The van der Waals surface area contributed by atoms with Gasteiger partial charge in [0.05, 0.1) is 31.6 Å². The topological polar surface area (TPSA) is 114 Å². The number of carbonyl (C=O) groups is 2. The lowest BCUT2D eigenvalue weighted by Gasteiger charge is -2.25. The highest BCUT2D eigenvalue weighted by Gasteiger charge is 2.31. The molecule has 2 atom stereocenters. The summed E-state index contributed by atoms with van der Waals surface area (Å²) in [4.78, 5) is 23.9. The minimum atomic E-state index is -3.63. The molecule has 196 valence electrons. The fraction of sp³-hybridized carbons (Fsp3) is 0.667. The van der Waals surface area contributed by atoms with Crippen molar-refractivity contribution in [3.05, 3.63) is 29.6 Å². The molecule has 0 spiro atoms. The summed E-state index contributed by atoms with van der Waals surface area (Å²) in [5, 5.41) is 2.48. The summed E-state index contributed by atoms with van der Waals surface area (Å²) in [6.07, 6.45) is 5.11. The van der Waals surface area contributed by atoms with E-state index in [2.05, 4.69) is 10.0 Å². The third-order valence-electron chi connectivity index (χ3n) is 6.37. The number of unbranched alkanes of at least 4 members (excludes halogenated alkanes) is 2. The molecule has 35 heavy (non-hydrogen) atoms. The summed E-state index contributed by atoms with van der Waals surface area (Å²) < 4.78 is 54.1. The van der Waals surface area contributed by atoms with E-state index in [1.807, 2.05) is 0 Å². The molecule has 0 bridgehead atoms. The summed E-state index contributed by atoms with van der Waals surface area (Å²) in [6, 6.07) is 3.65. The highest BCUT2D eigenvalue weighted by molar-refractivity contribution is 7.89. The van der Waals surface area contributed by atoms with Crippen LogP contribution in [0.2, 0.25) is 0 Å². The normalized spacial score (nSPS) is 18.7.